The topological polar surface area (TPSA) is 84.0 Å². The molecule has 0 heterocycles. The van der Waals surface area contributed by atoms with Gasteiger partial charge in [-0.1, -0.05) is 31.4 Å². The lowest BCUT2D eigenvalue weighted by atomic mass is 9.97. The fourth-order valence-corrected chi connectivity index (χ4v) is 3.86. The van der Waals surface area contributed by atoms with Gasteiger partial charge in [0.15, 0.2) is 6.54 Å². The van der Waals surface area contributed by atoms with E-state index >= 15 is 0 Å². The number of amides is 2. The lowest BCUT2D eigenvalue weighted by molar-refractivity contribution is -0.680. The highest BCUT2D eigenvalue weighted by molar-refractivity contribution is 6.05. The summed E-state index contributed by atoms with van der Waals surface area (Å²) in [5.41, 5.74) is 1.83. The number of benzene rings is 2. The van der Waals surface area contributed by atoms with Gasteiger partial charge in [-0.15, -0.1) is 0 Å². The molecule has 0 spiro atoms. The van der Waals surface area contributed by atoms with Crippen LogP contribution >= 0.6 is 0 Å². The summed E-state index contributed by atoms with van der Waals surface area (Å²) in [6.45, 7) is 0.431. The predicted octanol–water partition coefficient (Wildman–Crippen LogP) is 3.56. The first-order chi connectivity index (χ1) is 14.7. The molecule has 0 saturated heterocycles. The van der Waals surface area contributed by atoms with Crippen LogP contribution in [0.4, 0.5) is 11.4 Å². The summed E-state index contributed by atoms with van der Waals surface area (Å²) in [5, 5.41) is 7.95. The number of carbonyl (C=O) groups is 2. The van der Waals surface area contributed by atoms with Crippen LogP contribution in [-0.4, -0.2) is 31.5 Å². The highest BCUT2D eigenvalue weighted by atomic mass is 16.5. The van der Waals surface area contributed by atoms with E-state index in [1.165, 1.54) is 44.9 Å². The number of ether oxygens (including phenoxy) is 1. The van der Waals surface area contributed by atoms with E-state index in [4.69, 9.17) is 4.74 Å². The van der Waals surface area contributed by atoms with Gasteiger partial charge < -0.3 is 20.7 Å². The van der Waals surface area contributed by atoms with E-state index in [-0.39, 0.29) is 11.8 Å². The number of nitrogens with one attached hydrogen (secondary N) is 2. The molecule has 0 aliphatic heterocycles. The van der Waals surface area contributed by atoms with E-state index < -0.39 is 0 Å². The number of quaternary nitrogens is 1. The average Bonchev–Trinajstić information content (AvgIpc) is 2.74. The zero-order chi connectivity index (χ0) is 21.2. The molecule has 30 heavy (non-hydrogen) atoms. The molecule has 160 valence electrons. The molecule has 1 saturated carbocycles. The first-order valence-electron chi connectivity index (χ1n) is 10.8. The summed E-state index contributed by atoms with van der Waals surface area (Å²) in [6.07, 6.45) is 8.90. The lowest BCUT2D eigenvalue weighted by Crippen LogP contribution is -2.91. The van der Waals surface area contributed by atoms with Crippen LogP contribution in [0.15, 0.2) is 48.5 Å². The van der Waals surface area contributed by atoms with Gasteiger partial charge in [0.1, 0.15) is 5.75 Å². The van der Waals surface area contributed by atoms with Crippen LogP contribution in [0.25, 0.3) is 0 Å². The molecular formula is C24H32N3O3+. The summed E-state index contributed by atoms with van der Waals surface area (Å²) < 4.78 is 5.26. The Morgan fingerprint density at radius 2 is 1.60 bits per heavy atom. The number of para-hydroxylation sites is 2. The smallest absolute Gasteiger partial charge is 0.279 e. The van der Waals surface area contributed by atoms with Crippen molar-refractivity contribution in [3.05, 3.63) is 54.1 Å². The maximum atomic E-state index is 12.5. The van der Waals surface area contributed by atoms with Crippen molar-refractivity contribution in [3.8, 4) is 5.75 Å². The zero-order valence-electron chi connectivity index (χ0n) is 17.7. The van der Waals surface area contributed by atoms with Crippen LogP contribution in [-0.2, 0) is 4.79 Å². The third-order valence-corrected chi connectivity index (χ3v) is 5.57. The summed E-state index contributed by atoms with van der Waals surface area (Å²) in [4.78, 5) is 24.8. The Balaban J connectivity index is 1.48. The lowest BCUT2D eigenvalue weighted by Gasteiger charge is -2.18. The number of carbonyl (C=O) groups excluding carboxylic acids is 2. The van der Waals surface area contributed by atoms with E-state index in [0.29, 0.717) is 35.3 Å². The van der Waals surface area contributed by atoms with E-state index in [0.717, 1.165) is 0 Å². The Kier molecular flexibility index (Phi) is 8.27. The molecule has 1 aliphatic carbocycles. The van der Waals surface area contributed by atoms with E-state index in [1.807, 2.05) is 12.1 Å². The molecule has 0 atom stereocenters. The van der Waals surface area contributed by atoms with Crippen molar-refractivity contribution < 1.29 is 19.6 Å². The van der Waals surface area contributed by atoms with Crippen molar-refractivity contribution in [2.24, 2.45) is 0 Å². The van der Waals surface area contributed by atoms with Gasteiger partial charge in [-0.05, 0) is 62.1 Å². The SMILES string of the molecule is COc1ccccc1NC(=O)c1ccc(NC(=O)C[NH2+]C2CCCCCCC2)cc1. The number of hydrogen-bond donors (Lipinski definition) is 3. The minimum atomic E-state index is -0.227. The van der Waals surface area contributed by atoms with Crippen LogP contribution in [0.2, 0.25) is 0 Å². The van der Waals surface area contributed by atoms with E-state index in [2.05, 4.69) is 16.0 Å². The standard InChI is InChI=1S/C24H31N3O3/c1-30-22-12-8-7-11-21(22)27-24(29)18-13-15-20(16-14-18)26-23(28)17-25-19-9-5-3-2-4-6-10-19/h7-8,11-16,19,25H,2-6,9-10,17H2,1H3,(H,26,28)(H,27,29)/p+1. The Hall–Kier alpha value is -2.86. The summed E-state index contributed by atoms with van der Waals surface area (Å²) in [6, 6.07) is 14.7. The molecule has 0 bridgehead atoms. The number of methoxy groups -OCH3 is 1. The zero-order valence-corrected chi connectivity index (χ0v) is 17.7. The van der Waals surface area contributed by atoms with E-state index in [1.54, 1.807) is 43.5 Å². The van der Waals surface area contributed by atoms with Crippen LogP contribution in [0.1, 0.15) is 55.3 Å². The molecule has 4 N–H and O–H groups in total. The van der Waals surface area contributed by atoms with Crippen molar-refractivity contribution in [3.63, 3.8) is 0 Å². The highest BCUT2D eigenvalue weighted by Crippen LogP contribution is 2.24. The van der Waals surface area contributed by atoms with Gasteiger partial charge in [0.25, 0.3) is 11.8 Å². The summed E-state index contributed by atoms with van der Waals surface area (Å²) in [7, 11) is 1.57. The van der Waals surface area contributed by atoms with Crippen LogP contribution in [0.3, 0.4) is 0 Å². The maximum absolute atomic E-state index is 12.5. The van der Waals surface area contributed by atoms with Crippen molar-refractivity contribution >= 4 is 23.2 Å². The van der Waals surface area contributed by atoms with Crippen molar-refractivity contribution in [1.29, 1.82) is 0 Å². The maximum Gasteiger partial charge on any atom is 0.279 e. The van der Waals surface area contributed by atoms with Crippen molar-refractivity contribution in [2.75, 3.05) is 24.3 Å². The first kappa shape index (κ1) is 21.8. The first-order valence-corrected chi connectivity index (χ1v) is 10.8. The van der Waals surface area contributed by atoms with Gasteiger partial charge in [0.2, 0.25) is 0 Å². The van der Waals surface area contributed by atoms with Gasteiger partial charge in [-0.3, -0.25) is 9.59 Å². The van der Waals surface area contributed by atoms with Gasteiger partial charge in [-0.25, -0.2) is 0 Å². The van der Waals surface area contributed by atoms with Gasteiger partial charge >= 0.3 is 0 Å². The van der Waals surface area contributed by atoms with Gasteiger partial charge in [-0.2, -0.15) is 0 Å². The summed E-state index contributed by atoms with van der Waals surface area (Å²) >= 11 is 0. The van der Waals surface area contributed by atoms with Crippen LogP contribution < -0.4 is 20.7 Å². The second-order valence-corrected chi connectivity index (χ2v) is 7.82. The molecule has 1 aliphatic rings. The second-order valence-electron chi connectivity index (χ2n) is 7.82. The van der Waals surface area contributed by atoms with Gasteiger partial charge in [0, 0.05) is 11.3 Å². The predicted molar refractivity (Wildman–Crippen MR) is 119 cm³/mol. The molecule has 2 amide bonds. The van der Waals surface area contributed by atoms with Crippen LogP contribution in [0, 0.1) is 0 Å². The number of nitrogens with two attached hydrogens (primary N) is 1. The Labute approximate surface area is 178 Å². The second kappa shape index (κ2) is 11.4. The quantitative estimate of drug-likeness (QED) is 0.653. The molecule has 0 radical (unpaired) electrons. The molecule has 0 unspecified atom stereocenters. The minimum Gasteiger partial charge on any atom is -0.495 e. The Morgan fingerprint density at radius 1 is 0.933 bits per heavy atom. The normalized spacial score (nSPS) is 15.0. The molecule has 6 heteroatoms. The molecule has 3 rings (SSSR count). The fourth-order valence-electron chi connectivity index (χ4n) is 3.86. The van der Waals surface area contributed by atoms with Gasteiger partial charge in [0.05, 0.1) is 18.8 Å². The molecule has 0 aromatic heterocycles. The number of rotatable bonds is 7. The number of anilines is 2. The third-order valence-electron chi connectivity index (χ3n) is 5.57. The number of hydrogen-bond acceptors (Lipinski definition) is 3. The van der Waals surface area contributed by atoms with Crippen LogP contribution in [0.5, 0.6) is 5.75 Å². The fraction of sp³-hybridized carbons (Fsp3) is 0.417. The average molecular weight is 411 g/mol. The Bertz CT molecular complexity index is 828. The Morgan fingerprint density at radius 3 is 2.30 bits per heavy atom. The van der Waals surface area contributed by atoms with Crippen molar-refractivity contribution in [2.45, 2.75) is 51.0 Å². The molecule has 6 nitrogen and oxygen atoms in total. The minimum absolute atomic E-state index is 0.0108. The largest absolute Gasteiger partial charge is 0.495 e. The highest BCUT2D eigenvalue weighted by Gasteiger charge is 2.16. The molecule has 2 aromatic carbocycles. The summed E-state index contributed by atoms with van der Waals surface area (Å²) in [5.74, 6) is 0.369. The molecule has 1 fully saturated rings. The van der Waals surface area contributed by atoms with Crippen molar-refractivity contribution in [1.82, 2.24) is 0 Å². The monoisotopic (exact) mass is 410 g/mol. The third kappa shape index (κ3) is 6.59. The van der Waals surface area contributed by atoms with E-state index in [9.17, 15) is 9.59 Å². The molecular weight excluding hydrogens is 378 g/mol. The molecule has 2 aromatic rings.